The Labute approximate surface area is 372 Å². The van der Waals surface area contributed by atoms with Gasteiger partial charge in [0.15, 0.2) is 6.10 Å². The molecule has 0 aliphatic heterocycles. The predicted molar refractivity (Wildman–Crippen MR) is 256 cm³/mol. The zero-order valence-electron chi connectivity index (χ0n) is 40.0. The number of carbonyl (C=O) groups excluding carboxylic acids is 3. The maximum absolute atomic E-state index is 12.8. The first-order valence-electron chi connectivity index (χ1n) is 26.0. The van der Waals surface area contributed by atoms with Crippen molar-refractivity contribution in [3.05, 3.63) is 36.5 Å². The predicted octanol–water partition coefficient (Wildman–Crippen LogP) is 16.9. The van der Waals surface area contributed by atoms with Crippen molar-refractivity contribution in [1.82, 2.24) is 0 Å². The molecular weight excluding hydrogens is 745 g/mol. The van der Waals surface area contributed by atoms with Crippen molar-refractivity contribution in [1.29, 1.82) is 0 Å². The average molecular weight is 843 g/mol. The third-order valence-corrected chi connectivity index (χ3v) is 11.4. The number of unbranched alkanes of at least 4 members (excludes halogenated alkanes) is 30. The summed E-state index contributed by atoms with van der Waals surface area (Å²) in [6.45, 7) is 6.61. The van der Waals surface area contributed by atoms with Crippen LogP contribution in [-0.2, 0) is 28.6 Å². The standard InChI is InChI=1S/C54H98O6/c1-4-7-10-13-16-19-22-25-26-27-28-30-33-35-38-41-44-47-53(56)59-50-51(60-54(57)48-45-42-39-36-31-24-21-18-15-12-9-6-3)49-58-52(55)46-43-40-37-34-32-29-23-20-17-14-11-8-5-2/h16,19,25-26,28,30,51H,4-15,17-18,20-24,27,29,31-50H2,1-3H3/b19-16-,26-25-,30-28-/t51-/m0/s1. The van der Waals surface area contributed by atoms with E-state index >= 15 is 0 Å². The van der Waals surface area contributed by atoms with E-state index in [0.29, 0.717) is 19.3 Å². The Balaban J connectivity index is 4.37. The second kappa shape index (κ2) is 49.3. The van der Waals surface area contributed by atoms with Crippen LogP contribution in [-0.4, -0.2) is 37.2 Å². The van der Waals surface area contributed by atoms with Crippen LogP contribution in [0.5, 0.6) is 0 Å². The van der Waals surface area contributed by atoms with Crippen molar-refractivity contribution in [3.63, 3.8) is 0 Å². The van der Waals surface area contributed by atoms with Gasteiger partial charge in [0.1, 0.15) is 13.2 Å². The summed E-state index contributed by atoms with van der Waals surface area (Å²) in [6, 6.07) is 0. The van der Waals surface area contributed by atoms with Crippen LogP contribution < -0.4 is 0 Å². The molecule has 0 aromatic rings. The molecule has 0 unspecified atom stereocenters. The number of rotatable bonds is 47. The summed E-state index contributed by atoms with van der Waals surface area (Å²) in [4.78, 5) is 37.9. The largest absolute Gasteiger partial charge is 0.462 e. The van der Waals surface area contributed by atoms with E-state index in [0.717, 1.165) is 83.5 Å². The van der Waals surface area contributed by atoms with Gasteiger partial charge < -0.3 is 14.2 Å². The number of hydrogen-bond acceptors (Lipinski definition) is 6. The number of carbonyl (C=O) groups is 3. The molecule has 6 heteroatoms. The van der Waals surface area contributed by atoms with E-state index in [1.165, 1.54) is 148 Å². The van der Waals surface area contributed by atoms with Crippen molar-refractivity contribution in [2.75, 3.05) is 13.2 Å². The van der Waals surface area contributed by atoms with E-state index in [-0.39, 0.29) is 31.1 Å². The zero-order chi connectivity index (χ0) is 43.7. The minimum absolute atomic E-state index is 0.0752. The molecule has 0 saturated carbocycles. The Hall–Kier alpha value is -2.37. The van der Waals surface area contributed by atoms with E-state index in [9.17, 15) is 14.4 Å². The molecule has 0 radical (unpaired) electrons. The van der Waals surface area contributed by atoms with Gasteiger partial charge in [-0.15, -0.1) is 0 Å². The van der Waals surface area contributed by atoms with Crippen molar-refractivity contribution in [3.8, 4) is 0 Å². The molecule has 0 heterocycles. The van der Waals surface area contributed by atoms with E-state index in [2.05, 4.69) is 57.2 Å². The molecule has 0 amide bonds. The van der Waals surface area contributed by atoms with Gasteiger partial charge in [-0.3, -0.25) is 14.4 Å². The van der Waals surface area contributed by atoms with Crippen molar-refractivity contribution in [2.45, 2.75) is 277 Å². The Kier molecular flexibility index (Phi) is 47.3. The molecule has 0 aliphatic carbocycles. The van der Waals surface area contributed by atoms with E-state index in [1.807, 2.05) is 0 Å². The van der Waals surface area contributed by atoms with Gasteiger partial charge in [-0.05, 0) is 57.8 Å². The number of esters is 3. The molecular formula is C54H98O6. The maximum atomic E-state index is 12.8. The second-order valence-electron chi connectivity index (χ2n) is 17.4. The summed E-state index contributed by atoms with van der Waals surface area (Å²) >= 11 is 0. The van der Waals surface area contributed by atoms with Crippen molar-refractivity contribution < 1.29 is 28.6 Å². The lowest BCUT2D eigenvalue weighted by Gasteiger charge is -2.18. The van der Waals surface area contributed by atoms with E-state index in [1.54, 1.807) is 0 Å². The third kappa shape index (κ3) is 46.7. The quantitative estimate of drug-likeness (QED) is 0.0263. The highest BCUT2D eigenvalue weighted by Crippen LogP contribution is 2.16. The van der Waals surface area contributed by atoms with Gasteiger partial charge in [-0.1, -0.05) is 231 Å². The highest BCUT2D eigenvalue weighted by atomic mass is 16.6. The molecule has 0 aromatic heterocycles. The van der Waals surface area contributed by atoms with Gasteiger partial charge in [-0.25, -0.2) is 0 Å². The molecule has 0 N–H and O–H groups in total. The van der Waals surface area contributed by atoms with Gasteiger partial charge in [0.25, 0.3) is 0 Å². The molecule has 1 atom stereocenters. The minimum atomic E-state index is -0.775. The Morgan fingerprint density at radius 1 is 0.333 bits per heavy atom. The van der Waals surface area contributed by atoms with Crippen LogP contribution >= 0.6 is 0 Å². The number of hydrogen-bond donors (Lipinski definition) is 0. The lowest BCUT2D eigenvalue weighted by atomic mass is 10.0. The molecule has 350 valence electrons. The topological polar surface area (TPSA) is 78.9 Å². The molecule has 0 rings (SSSR count). The van der Waals surface area contributed by atoms with Gasteiger partial charge in [0.2, 0.25) is 0 Å². The van der Waals surface area contributed by atoms with Crippen LogP contribution in [0.3, 0.4) is 0 Å². The zero-order valence-corrected chi connectivity index (χ0v) is 40.0. The number of ether oxygens (including phenoxy) is 3. The molecule has 0 saturated heterocycles. The fourth-order valence-electron chi connectivity index (χ4n) is 7.45. The van der Waals surface area contributed by atoms with Crippen LogP contribution in [0.4, 0.5) is 0 Å². The lowest BCUT2D eigenvalue weighted by molar-refractivity contribution is -0.167. The average Bonchev–Trinajstić information content (AvgIpc) is 3.24. The second-order valence-corrected chi connectivity index (χ2v) is 17.4. The van der Waals surface area contributed by atoms with E-state index in [4.69, 9.17) is 14.2 Å². The summed E-state index contributed by atoms with van der Waals surface area (Å²) in [5.74, 6) is -0.887. The summed E-state index contributed by atoms with van der Waals surface area (Å²) in [5, 5.41) is 0. The molecule has 0 spiro atoms. The van der Waals surface area contributed by atoms with Gasteiger partial charge >= 0.3 is 17.9 Å². The Bertz CT molecular complexity index is 1020. The Morgan fingerprint density at radius 3 is 0.967 bits per heavy atom. The summed E-state index contributed by atoms with van der Waals surface area (Å²) < 4.78 is 16.8. The first-order chi connectivity index (χ1) is 29.5. The normalized spacial score (nSPS) is 12.2. The van der Waals surface area contributed by atoms with Crippen molar-refractivity contribution >= 4 is 17.9 Å². The minimum Gasteiger partial charge on any atom is -0.462 e. The van der Waals surface area contributed by atoms with Crippen LogP contribution in [0.2, 0.25) is 0 Å². The monoisotopic (exact) mass is 843 g/mol. The highest BCUT2D eigenvalue weighted by Gasteiger charge is 2.19. The molecule has 60 heavy (non-hydrogen) atoms. The summed E-state index contributed by atoms with van der Waals surface area (Å²) in [7, 11) is 0. The van der Waals surface area contributed by atoms with Gasteiger partial charge in [-0.2, -0.15) is 0 Å². The first kappa shape index (κ1) is 57.6. The molecule has 0 aliphatic rings. The molecule has 0 bridgehead atoms. The smallest absolute Gasteiger partial charge is 0.306 e. The Morgan fingerprint density at radius 2 is 0.600 bits per heavy atom. The summed E-state index contributed by atoms with van der Waals surface area (Å²) in [6.07, 6.45) is 56.9. The first-order valence-corrected chi connectivity index (χ1v) is 26.0. The molecule has 6 nitrogen and oxygen atoms in total. The van der Waals surface area contributed by atoms with Crippen LogP contribution in [0.1, 0.15) is 271 Å². The van der Waals surface area contributed by atoms with Crippen LogP contribution in [0.25, 0.3) is 0 Å². The van der Waals surface area contributed by atoms with Crippen LogP contribution in [0, 0.1) is 0 Å². The lowest BCUT2D eigenvalue weighted by Crippen LogP contribution is -2.30. The highest BCUT2D eigenvalue weighted by molar-refractivity contribution is 5.71. The van der Waals surface area contributed by atoms with Gasteiger partial charge in [0, 0.05) is 19.3 Å². The van der Waals surface area contributed by atoms with Crippen LogP contribution in [0.15, 0.2) is 36.5 Å². The SMILES string of the molecule is CCCCC/C=C\C/C=C\C/C=C\CCCCCCC(=O)OC[C@H](COC(=O)CCCCCCCCCCCCCCC)OC(=O)CCCCCCCCCCCCCC. The van der Waals surface area contributed by atoms with Gasteiger partial charge in [0.05, 0.1) is 0 Å². The fraction of sp³-hybridized carbons (Fsp3) is 0.833. The molecule has 0 fully saturated rings. The molecule has 0 aromatic carbocycles. The third-order valence-electron chi connectivity index (χ3n) is 11.4. The fourth-order valence-corrected chi connectivity index (χ4v) is 7.45. The maximum Gasteiger partial charge on any atom is 0.306 e. The summed E-state index contributed by atoms with van der Waals surface area (Å²) in [5.41, 5.74) is 0. The van der Waals surface area contributed by atoms with Crippen molar-refractivity contribution in [2.24, 2.45) is 0 Å². The number of allylic oxidation sites excluding steroid dienone is 6. The van der Waals surface area contributed by atoms with E-state index < -0.39 is 6.10 Å².